The lowest BCUT2D eigenvalue weighted by molar-refractivity contribution is 0.0926. The third-order valence-corrected chi connectivity index (χ3v) is 3.89. The van der Waals surface area contributed by atoms with E-state index in [1.54, 1.807) is 24.3 Å². The molecule has 2 aromatic rings. The fourth-order valence-electron chi connectivity index (χ4n) is 2.14. The first-order valence-corrected chi connectivity index (χ1v) is 6.48. The fourth-order valence-corrected chi connectivity index (χ4v) is 2.52. The van der Waals surface area contributed by atoms with Crippen LogP contribution in [0.15, 0.2) is 36.4 Å². The molecule has 0 spiro atoms. The highest BCUT2D eigenvalue weighted by atomic mass is 35.5. The number of benzene rings is 2. The van der Waals surface area contributed by atoms with Crippen LogP contribution >= 0.6 is 23.2 Å². The quantitative estimate of drug-likeness (QED) is 0.649. The number of hydrogen-bond donors (Lipinski definition) is 1. The molecule has 0 unspecified atom stereocenters. The Morgan fingerprint density at radius 3 is 2.40 bits per heavy atom. The first kappa shape index (κ1) is 13.0. The van der Waals surface area contributed by atoms with Crippen LogP contribution in [-0.2, 0) is 0 Å². The zero-order valence-corrected chi connectivity index (χ0v) is 11.6. The molecule has 4 nitrogen and oxygen atoms in total. The van der Waals surface area contributed by atoms with Crippen LogP contribution in [0.25, 0.3) is 0 Å². The monoisotopic (exact) mass is 306 g/mol. The van der Waals surface area contributed by atoms with E-state index in [0.29, 0.717) is 11.3 Å². The summed E-state index contributed by atoms with van der Waals surface area (Å²) in [4.78, 5) is 25.7. The molecule has 20 heavy (non-hydrogen) atoms. The van der Waals surface area contributed by atoms with E-state index in [4.69, 9.17) is 28.9 Å². The van der Waals surface area contributed by atoms with E-state index < -0.39 is 11.8 Å². The zero-order valence-electron chi connectivity index (χ0n) is 10.1. The number of nitrogens with two attached hydrogens (primary N) is 1. The predicted octanol–water partition coefficient (Wildman–Crippen LogP) is 3.38. The van der Waals surface area contributed by atoms with E-state index in [9.17, 15) is 9.59 Å². The molecule has 1 aliphatic rings. The number of imide groups is 1. The van der Waals surface area contributed by atoms with Gasteiger partial charge in [0.05, 0.1) is 26.9 Å². The van der Waals surface area contributed by atoms with Crippen LogP contribution in [0.1, 0.15) is 20.7 Å². The second-order valence-electron chi connectivity index (χ2n) is 4.32. The van der Waals surface area contributed by atoms with Crippen LogP contribution in [0.5, 0.6) is 0 Å². The second kappa shape index (κ2) is 4.51. The number of halogens is 2. The number of rotatable bonds is 1. The van der Waals surface area contributed by atoms with Gasteiger partial charge in [0.1, 0.15) is 0 Å². The van der Waals surface area contributed by atoms with Crippen LogP contribution in [0.2, 0.25) is 10.0 Å². The molecule has 0 saturated heterocycles. The molecular weight excluding hydrogens is 299 g/mol. The molecule has 100 valence electrons. The van der Waals surface area contributed by atoms with Crippen LogP contribution in [-0.4, -0.2) is 11.8 Å². The van der Waals surface area contributed by atoms with Gasteiger partial charge in [-0.1, -0.05) is 29.3 Å². The van der Waals surface area contributed by atoms with E-state index in [-0.39, 0.29) is 21.3 Å². The Balaban J connectivity index is 2.17. The van der Waals surface area contributed by atoms with Gasteiger partial charge in [-0.3, -0.25) is 9.59 Å². The molecule has 0 atom stereocenters. The lowest BCUT2D eigenvalue weighted by atomic mass is 10.1. The van der Waals surface area contributed by atoms with Crippen molar-refractivity contribution in [3.63, 3.8) is 0 Å². The van der Waals surface area contributed by atoms with E-state index in [1.807, 2.05) is 0 Å². The number of carbonyl (C=O) groups is 2. The minimum Gasteiger partial charge on any atom is -0.399 e. The van der Waals surface area contributed by atoms with Gasteiger partial charge in [0.15, 0.2) is 0 Å². The Morgan fingerprint density at radius 2 is 1.65 bits per heavy atom. The van der Waals surface area contributed by atoms with Crippen LogP contribution in [0.3, 0.4) is 0 Å². The summed E-state index contributed by atoms with van der Waals surface area (Å²) in [5.74, 6) is -0.893. The Morgan fingerprint density at radius 1 is 0.950 bits per heavy atom. The summed E-state index contributed by atoms with van der Waals surface area (Å²) in [5.41, 5.74) is 6.91. The fraction of sp³-hybridized carbons (Fsp3) is 0. The van der Waals surface area contributed by atoms with Gasteiger partial charge < -0.3 is 5.73 Å². The molecule has 6 heteroatoms. The van der Waals surface area contributed by atoms with Gasteiger partial charge in [-0.25, -0.2) is 4.90 Å². The van der Waals surface area contributed by atoms with Gasteiger partial charge in [0.25, 0.3) is 11.8 Å². The smallest absolute Gasteiger partial charge is 0.266 e. The Kier molecular flexibility index (Phi) is 2.92. The molecule has 0 saturated carbocycles. The minimum atomic E-state index is -0.457. The first-order valence-electron chi connectivity index (χ1n) is 5.73. The highest BCUT2D eigenvalue weighted by molar-refractivity contribution is 6.46. The summed E-state index contributed by atoms with van der Waals surface area (Å²) in [7, 11) is 0. The van der Waals surface area contributed by atoms with Crippen molar-refractivity contribution in [1.29, 1.82) is 0 Å². The second-order valence-corrected chi connectivity index (χ2v) is 5.11. The van der Waals surface area contributed by atoms with Gasteiger partial charge >= 0.3 is 0 Å². The summed E-state index contributed by atoms with van der Waals surface area (Å²) in [6.45, 7) is 0. The summed E-state index contributed by atoms with van der Waals surface area (Å²) >= 11 is 12.0. The number of carbonyl (C=O) groups excluding carboxylic acids is 2. The normalized spacial score (nSPS) is 13.8. The molecule has 1 aliphatic heterocycles. The average molecular weight is 307 g/mol. The zero-order chi connectivity index (χ0) is 14.4. The van der Waals surface area contributed by atoms with E-state index in [2.05, 4.69) is 0 Å². The molecule has 0 aliphatic carbocycles. The minimum absolute atomic E-state index is 0.164. The molecule has 1 heterocycles. The maximum absolute atomic E-state index is 12.4. The summed E-state index contributed by atoms with van der Waals surface area (Å²) in [6.07, 6.45) is 0. The van der Waals surface area contributed by atoms with Gasteiger partial charge in [-0.15, -0.1) is 0 Å². The number of fused-ring (bicyclic) bond motifs is 1. The third kappa shape index (κ3) is 1.77. The largest absolute Gasteiger partial charge is 0.399 e. The van der Waals surface area contributed by atoms with E-state index in [0.717, 1.165) is 4.90 Å². The Labute approximate surface area is 124 Å². The van der Waals surface area contributed by atoms with Crippen molar-refractivity contribution in [2.45, 2.75) is 0 Å². The number of nitrogen functional groups attached to an aromatic ring is 1. The van der Waals surface area contributed by atoms with Gasteiger partial charge in [-0.05, 0) is 30.3 Å². The lowest BCUT2D eigenvalue weighted by Gasteiger charge is -2.15. The van der Waals surface area contributed by atoms with Crippen molar-refractivity contribution in [3.8, 4) is 0 Å². The predicted molar refractivity (Wildman–Crippen MR) is 78.5 cm³/mol. The lowest BCUT2D eigenvalue weighted by Crippen LogP contribution is -2.29. The molecule has 0 fully saturated rings. The van der Waals surface area contributed by atoms with Gasteiger partial charge in [-0.2, -0.15) is 0 Å². The number of amides is 2. The Bertz CT molecular complexity index is 759. The highest BCUT2D eigenvalue weighted by Crippen LogP contribution is 2.37. The summed E-state index contributed by atoms with van der Waals surface area (Å²) in [6, 6.07) is 9.37. The molecule has 3 rings (SSSR count). The van der Waals surface area contributed by atoms with Crippen molar-refractivity contribution in [2.24, 2.45) is 0 Å². The van der Waals surface area contributed by atoms with Crippen molar-refractivity contribution in [2.75, 3.05) is 10.6 Å². The molecule has 2 N–H and O–H groups in total. The van der Waals surface area contributed by atoms with Gasteiger partial charge in [0, 0.05) is 5.69 Å². The maximum Gasteiger partial charge on any atom is 0.266 e. The van der Waals surface area contributed by atoms with Crippen LogP contribution < -0.4 is 10.6 Å². The van der Waals surface area contributed by atoms with Crippen molar-refractivity contribution < 1.29 is 9.59 Å². The van der Waals surface area contributed by atoms with E-state index >= 15 is 0 Å². The van der Waals surface area contributed by atoms with Crippen LogP contribution in [0.4, 0.5) is 11.4 Å². The van der Waals surface area contributed by atoms with Crippen molar-refractivity contribution in [3.05, 3.63) is 57.6 Å². The SMILES string of the molecule is Nc1ccc2c(c1)C(=O)N(c1cccc(Cl)c1Cl)C2=O. The molecule has 2 amide bonds. The number of anilines is 2. The average Bonchev–Trinajstić information content (AvgIpc) is 2.65. The highest BCUT2D eigenvalue weighted by Gasteiger charge is 2.37. The first-order chi connectivity index (χ1) is 9.50. The standard InChI is InChI=1S/C14H8Cl2N2O2/c15-10-2-1-3-11(12(10)16)18-13(19)8-5-4-7(17)6-9(8)14(18)20/h1-6H,17H2. The molecular formula is C14H8Cl2N2O2. The molecule has 0 aromatic heterocycles. The third-order valence-electron chi connectivity index (χ3n) is 3.08. The molecule has 2 aromatic carbocycles. The maximum atomic E-state index is 12.4. The molecule has 0 radical (unpaired) electrons. The van der Waals surface area contributed by atoms with Crippen molar-refractivity contribution in [1.82, 2.24) is 0 Å². The van der Waals surface area contributed by atoms with Crippen LogP contribution in [0, 0.1) is 0 Å². The number of hydrogen-bond acceptors (Lipinski definition) is 3. The summed E-state index contributed by atoms with van der Waals surface area (Å²) < 4.78 is 0. The topological polar surface area (TPSA) is 63.4 Å². The molecule has 0 bridgehead atoms. The van der Waals surface area contributed by atoms with E-state index in [1.165, 1.54) is 12.1 Å². The van der Waals surface area contributed by atoms with Crippen molar-refractivity contribution >= 4 is 46.4 Å². The Hall–Kier alpha value is -2.04. The summed E-state index contributed by atoms with van der Waals surface area (Å²) in [5, 5.41) is 0.442. The number of nitrogens with zero attached hydrogens (tertiary/aromatic N) is 1. The van der Waals surface area contributed by atoms with Gasteiger partial charge in [0.2, 0.25) is 0 Å².